The molecule has 2 N–H and O–H groups in total. The van der Waals surface area contributed by atoms with Crippen LogP contribution in [0.2, 0.25) is 0 Å². The third-order valence-electron chi connectivity index (χ3n) is 3.05. The number of nitrogens with one attached hydrogen (secondary N) is 1. The quantitative estimate of drug-likeness (QED) is 0.724. The first-order valence-corrected chi connectivity index (χ1v) is 9.13. The van der Waals surface area contributed by atoms with Crippen molar-refractivity contribution < 1.29 is 27.9 Å². The third-order valence-corrected chi connectivity index (χ3v) is 5.59. The summed E-state index contributed by atoms with van der Waals surface area (Å²) >= 11 is 0.906. The lowest BCUT2D eigenvalue weighted by Gasteiger charge is -2.06. The van der Waals surface area contributed by atoms with Gasteiger partial charge in [-0.15, -0.1) is 21.1 Å². The van der Waals surface area contributed by atoms with Crippen molar-refractivity contribution in [3.05, 3.63) is 26.3 Å². The Morgan fingerprint density at radius 3 is 2.64 bits per heavy atom. The van der Waals surface area contributed by atoms with Gasteiger partial charge in [0.1, 0.15) is 4.90 Å². The van der Waals surface area contributed by atoms with Crippen LogP contribution in [-0.2, 0) is 17.1 Å². The number of aryl methyl sites for hydroxylation is 1. The summed E-state index contributed by atoms with van der Waals surface area (Å²) in [5.74, 6) is -1.45. The molecule has 0 saturated heterocycles. The maximum Gasteiger partial charge on any atom is 0.360 e. The summed E-state index contributed by atoms with van der Waals surface area (Å²) in [5.41, 5.74) is -1.39. The number of nitrogens with zero attached hydrogens (tertiary/aromatic N) is 3. The van der Waals surface area contributed by atoms with Crippen molar-refractivity contribution >= 4 is 33.4 Å². The normalized spacial score (nSPS) is 11.3. The van der Waals surface area contributed by atoms with Crippen molar-refractivity contribution in [2.24, 2.45) is 7.05 Å². The Morgan fingerprint density at radius 1 is 1.44 bits per heavy atom. The van der Waals surface area contributed by atoms with Crippen molar-refractivity contribution in [1.29, 1.82) is 0 Å². The molecule has 25 heavy (non-hydrogen) atoms. The average molecular weight is 390 g/mol. The fraction of sp³-hybridized carbons (Fsp3) is 0.333. The van der Waals surface area contributed by atoms with Gasteiger partial charge < -0.3 is 9.84 Å². The molecule has 2 aromatic rings. The zero-order valence-corrected chi connectivity index (χ0v) is 15.0. The molecule has 2 aromatic heterocycles. The van der Waals surface area contributed by atoms with Gasteiger partial charge in [0, 0.05) is 17.3 Å². The smallest absolute Gasteiger partial charge is 0.360 e. The van der Waals surface area contributed by atoms with Crippen LogP contribution in [-0.4, -0.2) is 46.5 Å². The lowest BCUT2D eigenvalue weighted by atomic mass is 10.3. The summed E-state index contributed by atoms with van der Waals surface area (Å²) in [5, 5.41) is 13.8. The highest BCUT2D eigenvalue weighted by atomic mass is 32.2. The minimum Gasteiger partial charge on any atom is -0.478 e. The monoisotopic (exact) mass is 390 g/mol. The van der Waals surface area contributed by atoms with Gasteiger partial charge in [-0.2, -0.15) is 0 Å². The van der Waals surface area contributed by atoms with Crippen LogP contribution in [0.4, 0.5) is 4.79 Å². The molecule has 136 valence electrons. The number of carboxylic acids is 1. The molecule has 0 atom stereocenters. The highest BCUT2D eigenvalue weighted by Crippen LogP contribution is 2.26. The molecular weight excluding hydrogens is 376 g/mol. The van der Waals surface area contributed by atoms with E-state index < -0.39 is 38.2 Å². The molecule has 0 spiro atoms. The Bertz CT molecular complexity index is 999. The van der Waals surface area contributed by atoms with Gasteiger partial charge in [0.15, 0.2) is 0 Å². The van der Waals surface area contributed by atoms with E-state index in [9.17, 15) is 22.8 Å². The number of carbonyl (C=O) groups is 2. The highest BCUT2D eigenvalue weighted by Gasteiger charge is 2.30. The van der Waals surface area contributed by atoms with Gasteiger partial charge in [-0.05, 0) is 13.8 Å². The van der Waals surface area contributed by atoms with E-state index in [0.717, 1.165) is 21.3 Å². The van der Waals surface area contributed by atoms with Gasteiger partial charge in [-0.3, -0.25) is 0 Å². The van der Waals surface area contributed by atoms with Crippen molar-refractivity contribution in [3.8, 4) is 6.01 Å². The summed E-state index contributed by atoms with van der Waals surface area (Å²) in [4.78, 5) is 34.9. The van der Waals surface area contributed by atoms with Crippen molar-refractivity contribution in [2.75, 3.05) is 6.61 Å². The second-order valence-electron chi connectivity index (χ2n) is 4.72. The minimum absolute atomic E-state index is 0.169. The second kappa shape index (κ2) is 6.68. The largest absolute Gasteiger partial charge is 0.478 e. The van der Waals surface area contributed by atoms with Crippen molar-refractivity contribution in [1.82, 2.24) is 19.1 Å². The summed E-state index contributed by atoms with van der Waals surface area (Å²) in [7, 11) is -3.23. The summed E-state index contributed by atoms with van der Waals surface area (Å²) in [6.07, 6.45) is 0. The van der Waals surface area contributed by atoms with Gasteiger partial charge in [0.25, 0.3) is 10.0 Å². The van der Waals surface area contributed by atoms with Crippen molar-refractivity contribution in [2.45, 2.75) is 18.7 Å². The number of aromatic nitrogens is 3. The molecule has 0 aliphatic heterocycles. The van der Waals surface area contributed by atoms with E-state index >= 15 is 0 Å². The molecule has 0 aromatic carbocycles. The van der Waals surface area contributed by atoms with Crippen LogP contribution in [0.15, 0.2) is 15.1 Å². The Morgan fingerprint density at radius 2 is 2.08 bits per heavy atom. The molecule has 1 amide bonds. The lowest BCUT2D eigenvalue weighted by molar-refractivity contribution is 0.0693. The maximum absolute atomic E-state index is 12.4. The van der Waals surface area contributed by atoms with E-state index in [4.69, 9.17) is 9.84 Å². The summed E-state index contributed by atoms with van der Waals surface area (Å²) < 4.78 is 32.7. The van der Waals surface area contributed by atoms with E-state index in [2.05, 4.69) is 5.10 Å². The number of rotatable bonds is 5. The highest BCUT2D eigenvalue weighted by molar-refractivity contribution is 7.90. The molecule has 0 radical (unpaired) electrons. The van der Waals surface area contributed by atoms with Crippen LogP contribution in [0.5, 0.6) is 6.01 Å². The van der Waals surface area contributed by atoms with Gasteiger partial charge >= 0.3 is 23.7 Å². The van der Waals surface area contributed by atoms with Crippen LogP contribution in [0, 0.1) is 6.92 Å². The molecular formula is C12H14N4O7S2. The number of thiophene rings is 1. The molecule has 0 unspecified atom stereocenters. The number of amides is 1. The SMILES string of the molecule is CCOc1nn(C(=O)NS(=O)(=O)c2c(C(=O)O)csc2C)c(=O)n1C. The van der Waals surface area contributed by atoms with Gasteiger partial charge in [-0.1, -0.05) is 0 Å². The molecule has 0 aliphatic rings. The first kappa shape index (κ1) is 18.7. The fourth-order valence-corrected chi connectivity index (χ4v) is 4.45. The Balaban J connectivity index is 2.41. The molecule has 2 heterocycles. The topological polar surface area (TPSA) is 150 Å². The average Bonchev–Trinajstić information content (AvgIpc) is 3.03. The Labute approximate surface area is 145 Å². The van der Waals surface area contributed by atoms with E-state index in [1.54, 1.807) is 11.6 Å². The molecule has 11 nitrogen and oxygen atoms in total. The number of hydrogen-bond donors (Lipinski definition) is 2. The lowest BCUT2D eigenvalue weighted by Crippen LogP contribution is -2.40. The summed E-state index contributed by atoms with van der Waals surface area (Å²) in [6, 6.07) is -1.52. The van der Waals surface area contributed by atoms with Crippen LogP contribution >= 0.6 is 11.3 Å². The standard InChI is InChI=1S/C12H14N4O7S2/c1-4-23-11-13-16(12(20)15(11)3)10(19)14-25(21,22)8-6(2)24-5-7(8)9(17)18/h5H,4H2,1-3H3,(H,14,19)(H,17,18). The zero-order chi connectivity index (χ0) is 18.9. The molecule has 0 fully saturated rings. The van der Waals surface area contributed by atoms with Crippen LogP contribution in [0.1, 0.15) is 22.2 Å². The van der Waals surface area contributed by atoms with Crippen LogP contribution < -0.4 is 15.1 Å². The molecule has 0 aliphatic carbocycles. The van der Waals surface area contributed by atoms with E-state index in [-0.39, 0.29) is 22.2 Å². The van der Waals surface area contributed by atoms with Crippen LogP contribution in [0.25, 0.3) is 0 Å². The molecule has 0 saturated carbocycles. The van der Waals surface area contributed by atoms with E-state index in [0.29, 0.717) is 0 Å². The maximum atomic E-state index is 12.4. The van der Waals surface area contributed by atoms with Gasteiger partial charge in [0.2, 0.25) is 0 Å². The third kappa shape index (κ3) is 3.41. The first-order valence-electron chi connectivity index (χ1n) is 6.77. The van der Waals surface area contributed by atoms with Crippen LogP contribution in [0.3, 0.4) is 0 Å². The fourth-order valence-electron chi connectivity index (χ4n) is 1.94. The Hall–Kier alpha value is -2.67. The van der Waals surface area contributed by atoms with E-state index in [1.165, 1.54) is 14.0 Å². The second-order valence-corrected chi connectivity index (χ2v) is 7.42. The number of ether oxygens (including phenoxy) is 1. The molecule has 0 bridgehead atoms. The van der Waals surface area contributed by atoms with Crippen molar-refractivity contribution in [3.63, 3.8) is 0 Å². The number of carboxylic acid groups (broad SMARTS) is 1. The molecule has 13 heteroatoms. The number of hydrogen-bond acceptors (Lipinski definition) is 8. The van der Waals surface area contributed by atoms with E-state index in [1.807, 2.05) is 0 Å². The minimum atomic E-state index is -4.52. The predicted molar refractivity (Wildman–Crippen MR) is 85.8 cm³/mol. The summed E-state index contributed by atoms with van der Waals surface area (Å²) in [6.45, 7) is 3.22. The molecule has 2 rings (SSSR count). The number of sulfonamides is 1. The first-order chi connectivity index (χ1) is 11.6. The number of carbonyl (C=O) groups excluding carboxylic acids is 1. The van der Waals surface area contributed by atoms with Gasteiger partial charge in [0.05, 0.1) is 12.2 Å². The van der Waals surface area contributed by atoms with Gasteiger partial charge in [-0.25, -0.2) is 32.1 Å². The zero-order valence-electron chi connectivity index (χ0n) is 13.3. The Kier molecular flexibility index (Phi) is 4.99. The predicted octanol–water partition coefficient (Wildman–Crippen LogP) is -0.00478. The number of aromatic carboxylic acids is 1.